The normalized spacial score (nSPS) is 13.4. The fourth-order valence-corrected chi connectivity index (χ4v) is 3.85. The lowest BCUT2D eigenvalue weighted by Gasteiger charge is -2.15. The number of anilines is 1. The molecule has 1 aliphatic heterocycles. The molecule has 34 heavy (non-hydrogen) atoms. The van der Waals surface area contributed by atoms with E-state index in [1.165, 1.54) is 5.56 Å². The molecule has 6 nitrogen and oxygen atoms in total. The molecule has 0 fully saturated rings. The zero-order valence-corrected chi connectivity index (χ0v) is 19.4. The molecule has 0 bridgehead atoms. The molecule has 0 spiro atoms. The summed E-state index contributed by atoms with van der Waals surface area (Å²) in [6, 6.07) is 24.0. The molecule has 1 heterocycles. The average Bonchev–Trinajstić information content (AvgIpc) is 3.07. The van der Waals surface area contributed by atoms with Gasteiger partial charge in [0.05, 0.1) is 6.54 Å². The Kier molecular flexibility index (Phi) is 7.09. The number of nitrogens with one attached hydrogen (secondary N) is 2. The predicted molar refractivity (Wildman–Crippen MR) is 132 cm³/mol. The fourth-order valence-electron chi connectivity index (χ4n) is 3.60. The first-order valence-corrected chi connectivity index (χ1v) is 11.4. The standard InChI is InChI=1S/C27H24ClN3O3/c1-2-18-10-14-22(15-11-18)30-25(32)21-12-8-19(9-13-21)16-29-24-23(28)26(33)31(27(24)34)17-20-6-4-3-5-7-20/h3-15,29H,2,16-17H2,1H3,(H,30,32). The Morgan fingerprint density at radius 3 is 2.12 bits per heavy atom. The van der Waals surface area contributed by atoms with Crippen molar-refractivity contribution in [2.75, 3.05) is 5.32 Å². The second kappa shape index (κ2) is 10.4. The van der Waals surface area contributed by atoms with E-state index >= 15 is 0 Å². The Hall–Kier alpha value is -3.90. The van der Waals surface area contributed by atoms with Crippen LogP contribution in [0.2, 0.25) is 0 Å². The minimum Gasteiger partial charge on any atom is -0.375 e. The molecule has 3 amide bonds. The van der Waals surface area contributed by atoms with Crippen LogP contribution in [0.5, 0.6) is 0 Å². The molecule has 7 heteroatoms. The summed E-state index contributed by atoms with van der Waals surface area (Å²) in [6.07, 6.45) is 0.941. The van der Waals surface area contributed by atoms with Crippen LogP contribution < -0.4 is 10.6 Å². The van der Waals surface area contributed by atoms with E-state index in [4.69, 9.17) is 11.6 Å². The number of aryl methyl sites for hydroxylation is 1. The number of amides is 3. The maximum absolute atomic E-state index is 12.8. The van der Waals surface area contributed by atoms with Gasteiger partial charge in [-0.2, -0.15) is 0 Å². The molecule has 0 radical (unpaired) electrons. The highest BCUT2D eigenvalue weighted by molar-refractivity contribution is 6.47. The van der Waals surface area contributed by atoms with Gasteiger partial charge in [0.25, 0.3) is 17.7 Å². The zero-order chi connectivity index (χ0) is 24.1. The van der Waals surface area contributed by atoms with Gasteiger partial charge in [-0.15, -0.1) is 0 Å². The number of halogens is 1. The van der Waals surface area contributed by atoms with Gasteiger partial charge in [-0.25, -0.2) is 0 Å². The van der Waals surface area contributed by atoms with Crippen LogP contribution in [0.4, 0.5) is 5.69 Å². The van der Waals surface area contributed by atoms with Gasteiger partial charge in [-0.3, -0.25) is 19.3 Å². The Morgan fingerprint density at radius 1 is 0.824 bits per heavy atom. The third-order valence-electron chi connectivity index (χ3n) is 5.60. The SMILES string of the molecule is CCc1ccc(NC(=O)c2ccc(CNC3=C(Cl)C(=O)N(Cc4ccccc4)C3=O)cc2)cc1. The third-order valence-corrected chi connectivity index (χ3v) is 5.95. The van der Waals surface area contributed by atoms with E-state index in [-0.39, 0.29) is 29.7 Å². The van der Waals surface area contributed by atoms with Gasteiger partial charge in [0.1, 0.15) is 10.7 Å². The molecular formula is C27H24ClN3O3. The molecule has 2 N–H and O–H groups in total. The van der Waals surface area contributed by atoms with E-state index in [2.05, 4.69) is 17.6 Å². The first-order chi connectivity index (χ1) is 16.5. The van der Waals surface area contributed by atoms with Gasteiger partial charge in [-0.1, -0.05) is 73.1 Å². The highest BCUT2D eigenvalue weighted by Gasteiger charge is 2.37. The monoisotopic (exact) mass is 473 g/mol. The molecule has 0 atom stereocenters. The minimum atomic E-state index is -0.517. The molecule has 172 valence electrons. The maximum Gasteiger partial charge on any atom is 0.278 e. The van der Waals surface area contributed by atoms with E-state index in [0.717, 1.165) is 28.1 Å². The molecule has 1 aliphatic rings. The number of imide groups is 1. The first kappa shape index (κ1) is 23.3. The van der Waals surface area contributed by atoms with E-state index in [1.54, 1.807) is 24.3 Å². The van der Waals surface area contributed by atoms with Crippen molar-refractivity contribution >= 4 is 35.0 Å². The van der Waals surface area contributed by atoms with Gasteiger partial charge < -0.3 is 10.6 Å². The lowest BCUT2D eigenvalue weighted by atomic mass is 10.1. The number of hydrogen-bond donors (Lipinski definition) is 2. The van der Waals surface area contributed by atoms with Crippen LogP contribution in [0, 0.1) is 0 Å². The van der Waals surface area contributed by atoms with Crippen LogP contribution in [-0.4, -0.2) is 22.6 Å². The number of carbonyl (C=O) groups is 3. The summed E-state index contributed by atoms with van der Waals surface area (Å²) >= 11 is 6.17. The van der Waals surface area contributed by atoms with Crippen LogP contribution in [0.25, 0.3) is 0 Å². The Labute approximate surface area is 203 Å². The predicted octanol–water partition coefficient (Wildman–Crippen LogP) is 4.61. The highest BCUT2D eigenvalue weighted by atomic mass is 35.5. The van der Waals surface area contributed by atoms with Crippen molar-refractivity contribution in [1.29, 1.82) is 0 Å². The van der Waals surface area contributed by atoms with Crippen molar-refractivity contribution in [3.05, 3.63) is 112 Å². The van der Waals surface area contributed by atoms with E-state index < -0.39 is 11.8 Å². The molecule has 0 aliphatic carbocycles. The van der Waals surface area contributed by atoms with Crippen molar-refractivity contribution < 1.29 is 14.4 Å². The lowest BCUT2D eigenvalue weighted by molar-refractivity contribution is -0.138. The molecule has 3 aromatic rings. The van der Waals surface area contributed by atoms with Gasteiger partial charge in [-0.05, 0) is 47.4 Å². The summed E-state index contributed by atoms with van der Waals surface area (Å²) in [6.45, 7) is 2.52. The van der Waals surface area contributed by atoms with Gasteiger partial charge in [0.2, 0.25) is 0 Å². The molecule has 3 aromatic carbocycles. The van der Waals surface area contributed by atoms with E-state index in [0.29, 0.717) is 5.56 Å². The maximum atomic E-state index is 12.8. The van der Waals surface area contributed by atoms with Crippen molar-refractivity contribution in [2.24, 2.45) is 0 Å². The fraction of sp³-hybridized carbons (Fsp3) is 0.148. The van der Waals surface area contributed by atoms with Crippen LogP contribution >= 0.6 is 11.6 Å². The van der Waals surface area contributed by atoms with Crippen molar-refractivity contribution in [2.45, 2.75) is 26.4 Å². The quantitative estimate of drug-likeness (QED) is 0.468. The summed E-state index contributed by atoms with van der Waals surface area (Å²) in [5.41, 5.74) is 4.21. The van der Waals surface area contributed by atoms with Crippen LogP contribution in [0.15, 0.2) is 89.6 Å². The summed E-state index contributed by atoms with van der Waals surface area (Å²) < 4.78 is 0. The number of hydrogen-bond acceptors (Lipinski definition) is 4. The molecule has 0 aromatic heterocycles. The van der Waals surface area contributed by atoms with Gasteiger partial charge in [0, 0.05) is 17.8 Å². The third kappa shape index (κ3) is 5.18. The first-order valence-electron chi connectivity index (χ1n) is 11.0. The Bertz CT molecular complexity index is 1240. The molecule has 4 rings (SSSR count). The zero-order valence-electron chi connectivity index (χ0n) is 18.7. The highest BCUT2D eigenvalue weighted by Crippen LogP contribution is 2.24. The Morgan fingerprint density at radius 2 is 1.47 bits per heavy atom. The van der Waals surface area contributed by atoms with Crippen molar-refractivity contribution in [3.63, 3.8) is 0 Å². The molecule has 0 saturated carbocycles. The number of benzene rings is 3. The lowest BCUT2D eigenvalue weighted by Crippen LogP contribution is -2.33. The van der Waals surface area contributed by atoms with E-state index in [1.807, 2.05) is 54.6 Å². The van der Waals surface area contributed by atoms with E-state index in [9.17, 15) is 14.4 Å². The molecule has 0 saturated heterocycles. The van der Waals surface area contributed by atoms with Crippen molar-refractivity contribution in [1.82, 2.24) is 10.2 Å². The number of rotatable bonds is 8. The number of carbonyl (C=O) groups excluding carboxylic acids is 3. The largest absolute Gasteiger partial charge is 0.375 e. The average molecular weight is 474 g/mol. The smallest absolute Gasteiger partial charge is 0.278 e. The van der Waals surface area contributed by atoms with Gasteiger partial charge in [0.15, 0.2) is 0 Å². The summed E-state index contributed by atoms with van der Waals surface area (Å²) in [5.74, 6) is -1.18. The van der Waals surface area contributed by atoms with Crippen LogP contribution in [-0.2, 0) is 29.1 Å². The Balaban J connectivity index is 1.35. The number of nitrogens with zero attached hydrogens (tertiary/aromatic N) is 1. The second-order valence-corrected chi connectivity index (χ2v) is 8.30. The van der Waals surface area contributed by atoms with Gasteiger partial charge >= 0.3 is 0 Å². The summed E-state index contributed by atoms with van der Waals surface area (Å²) in [4.78, 5) is 38.9. The molecule has 0 unspecified atom stereocenters. The second-order valence-electron chi connectivity index (χ2n) is 7.93. The van der Waals surface area contributed by atoms with Crippen LogP contribution in [0.3, 0.4) is 0 Å². The van der Waals surface area contributed by atoms with Crippen molar-refractivity contribution in [3.8, 4) is 0 Å². The topological polar surface area (TPSA) is 78.5 Å². The van der Waals surface area contributed by atoms with Crippen LogP contribution in [0.1, 0.15) is 34.0 Å². The summed E-state index contributed by atoms with van der Waals surface area (Å²) in [7, 11) is 0. The summed E-state index contributed by atoms with van der Waals surface area (Å²) in [5, 5.41) is 5.74. The molecular weight excluding hydrogens is 450 g/mol. The minimum absolute atomic E-state index is 0.0833.